The molecular formula is C25H31N2+. The molecule has 0 bridgehead atoms. The van der Waals surface area contributed by atoms with E-state index in [1.807, 2.05) is 0 Å². The third-order valence-corrected chi connectivity index (χ3v) is 6.13. The van der Waals surface area contributed by atoms with Crippen molar-refractivity contribution in [1.29, 1.82) is 0 Å². The van der Waals surface area contributed by atoms with Gasteiger partial charge in [0.15, 0.2) is 12.3 Å². The van der Waals surface area contributed by atoms with E-state index in [1.165, 1.54) is 59.3 Å². The molecule has 2 aliphatic rings. The third kappa shape index (κ3) is 3.58. The summed E-state index contributed by atoms with van der Waals surface area (Å²) < 4.78 is 2.44. The molecule has 2 heterocycles. The first kappa shape index (κ1) is 18.0. The summed E-state index contributed by atoms with van der Waals surface area (Å²) in [7, 11) is 0. The summed E-state index contributed by atoms with van der Waals surface area (Å²) in [4.78, 5) is 2.44. The van der Waals surface area contributed by atoms with Crippen molar-refractivity contribution in [3.05, 3.63) is 70.9 Å². The maximum absolute atomic E-state index is 2.44. The van der Waals surface area contributed by atoms with Crippen LogP contribution in [0.15, 0.2) is 48.7 Å². The first-order valence-corrected chi connectivity index (χ1v) is 10.3. The zero-order chi connectivity index (χ0) is 19.0. The van der Waals surface area contributed by atoms with E-state index < -0.39 is 0 Å². The molecule has 4 rings (SSSR count). The molecule has 0 saturated carbocycles. The third-order valence-electron chi connectivity index (χ3n) is 6.13. The molecular weight excluding hydrogens is 328 g/mol. The standard InChI is InChI=1S/C25H31N2/c1-18-6-12-24-22(16-18)10-8-20(3)26(24)14-5-15-27-21(4)9-11-23-17-19(2)7-13-25(23)27/h5-7,12-17,20-21H,8-11H2,1-4H3/q+1/t20-,21-/m0/s1. The smallest absolute Gasteiger partial charge is 0.208 e. The minimum atomic E-state index is 0.540. The average Bonchev–Trinajstić information content (AvgIpc) is 2.65. The van der Waals surface area contributed by atoms with Crippen molar-refractivity contribution in [2.75, 3.05) is 4.90 Å². The maximum Gasteiger partial charge on any atom is 0.208 e. The topological polar surface area (TPSA) is 6.25 Å². The Labute approximate surface area is 163 Å². The molecule has 0 unspecified atom stereocenters. The molecule has 0 aliphatic carbocycles. The van der Waals surface area contributed by atoms with Crippen molar-refractivity contribution in [3.8, 4) is 0 Å². The minimum absolute atomic E-state index is 0.540. The number of nitrogens with zero attached hydrogens (tertiary/aromatic N) is 2. The molecule has 2 atom stereocenters. The van der Waals surface area contributed by atoms with E-state index in [1.54, 1.807) is 0 Å². The lowest BCUT2D eigenvalue weighted by molar-refractivity contribution is -0.481. The summed E-state index contributed by atoms with van der Waals surface area (Å²) in [5, 5.41) is 0. The highest BCUT2D eigenvalue weighted by atomic mass is 15.1. The van der Waals surface area contributed by atoms with Gasteiger partial charge in [0.2, 0.25) is 5.69 Å². The second kappa shape index (κ2) is 7.34. The van der Waals surface area contributed by atoms with Crippen LogP contribution in [0.1, 0.15) is 48.9 Å². The second-order valence-electron chi connectivity index (χ2n) is 8.34. The van der Waals surface area contributed by atoms with Crippen molar-refractivity contribution in [2.24, 2.45) is 0 Å². The Morgan fingerprint density at radius 3 is 2.44 bits per heavy atom. The van der Waals surface area contributed by atoms with Crippen LogP contribution >= 0.6 is 0 Å². The van der Waals surface area contributed by atoms with Crippen LogP contribution in [0, 0.1) is 13.8 Å². The van der Waals surface area contributed by atoms with E-state index in [-0.39, 0.29) is 0 Å². The maximum atomic E-state index is 2.44. The van der Waals surface area contributed by atoms with Gasteiger partial charge in [0.25, 0.3) is 0 Å². The predicted octanol–water partition coefficient (Wildman–Crippen LogP) is 5.71. The number of anilines is 1. The van der Waals surface area contributed by atoms with E-state index >= 15 is 0 Å². The first-order valence-electron chi connectivity index (χ1n) is 10.3. The average molecular weight is 360 g/mol. The van der Waals surface area contributed by atoms with Crippen LogP contribution in [0.2, 0.25) is 0 Å². The van der Waals surface area contributed by atoms with Gasteiger partial charge in [0.1, 0.15) is 0 Å². The van der Waals surface area contributed by atoms with Crippen molar-refractivity contribution < 1.29 is 4.58 Å². The van der Waals surface area contributed by atoms with Gasteiger partial charge in [-0.15, -0.1) is 0 Å². The summed E-state index contributed by atoms with van der Waals surface area (Å²) in [6.45, 7) is 9.02. The van der Waals surface area contributed by atoms with Gasteiger partial charge >= 0.3 is 0 Å². The molecule has 140 valence electrons. The quantitative estimate of drug-likeness (QED) is 0.623. The summed E-state index contributed by atoms with van der Waals surface area (Å²) in [5.74, 6) is 0. The van der Waals surface area contributed by atoms with Gasteiger partial charge in [-0.25, -0.2) is 0 Å². The fraction of sp³-hybridized carbons (Fsp3) is 0.400. The Bertz CT molecular complexity index is 907. The summed E-state index contributed by atoms with van der Waals surface area (Å²) in [6, 6.07) is 14.8. The second-order valence-corrected chi connectivity index (χ2v) is 8.34. The van der Waals surface area contributed by atoms with Gasteiger partial charge in [0, 0.05) is 42.1 Å². The van der Waals surface area contributed by atoms with Crippen LogP contribution in [0.25, 0.3) is 0 Å². The molecule has 27 heavy (non-hydrogen) atoms. The van der Waals surface area contributed by atoms with Gasteiger partial charge in [-0.2, -0.15) is 4.58 Å². The number of aryl methyl sites for hydroxylation is 4. The number of hydrogen-bond donors (Lipinski definition) is 0. The molecule has 0 N–H and O–H groups in total. The minimum Gasteiger partial charge on any atom is -0.345 e. The Morgan fingerprint density at radius 2 is 1.63 bits per heavy atom. The summed E-state index contributed by atoms with van der Waals surface area (Å²) in [5.41, 5.74) is 8.40. The summed E-state index contributed by atoms with van der Waals surface area (Å²) in [6.07, 6.45) is 11.6. The van der Waals surface area contributed by atoms with Crippen LogP contribution in [-0.4, -0.2) is 22.9 Å². The zero-order valence-corrected chi connectivity index (χ0v) is 17.1. The molecule has 0 radical (unpaired) electrons. The van der Waals surface area contributed by atoms with Gasteiger partial charge in [-0.3, -0.25) is 0 Å². The molecule has 2 aliphatic heterocycles. The molecule has 0 saturated heterocycles. The number of rotatable bonds is 2. The zero-order valence-electron chi connectivity index (χ0n) is 17.1. The van der Waals surface area contributed by atoms with E-state index in [4.69, 9.17) is 0 Å². The van der Waals surface area contributed by atoms with Crippen LogP contribution in [0.5, 0.6) is 0 Å². The number of allylic oxidation sites excluding steroid dienone is 1. The lowest BCUT2D eigenvalue weighted by Gasteiger charge is -2.34. The summed E-state index contributed by atoms with van der Waals surface area (Å²) >= 11 is 0. The lowest BCUT2D eigenvalue weighted by Crippen LogP contribution is -2.33. The lowest BCUT2D eigenvalue weighted by atomic mass is 9.95. The highest BCUT2D eigenvalue weighted by Crippen LogP contribution is 2.32. The fourth-order valence-corrected chi connectivity index (χ4v) is 4.49. The van der Waals surface area contributed by atoms with E-state index in [0.717, 1.165) is 0 Å². The van der Waals surface area contributed by atoms with Crippen molar-refractivity contribution in [2.45, 2.75) is 65.5 Å². The van der Waals surface area contributed by atoms with E-state index in [0.29, 0.717) is 12.1 Å². The Balaban J connectivity index is 1.64. The van der Waals surface area contributed by atoms with Crippen LogP contribution < -0.4 is 4.90 Å². The Kier molecular flexibility index (Phi) is 4.90. The normalized spacial score (nSPS) is 23.6. The van der Waals surface area contributed by atoms with Crippen LogP contribution in [0.4, 0.5) is 11.4 Å². The van der Waals surface area contributed by atoms with Crippen molar-refractivity contribution in [3.63, 3.8) is 0 Å². The molecule has 0 aromatic heterocycles. The highest BCUT2D eigenvalue weighted by Gasteiger charge is 2.27. The SMILES string of the molecule is Cc1ccc2c(c1)CC[C@H](C)N2/C=C/C=[N+]1c2ccc(C)cc2CC[C@@H]1C. The molecule has 2 aromatic rings. The van der Waals surface area contributed by atoms with E-state index in [2.05, 4.69) is 92.1 Å². The van der Waals surface area contributed by atoms with Gasteiger partial charge < -0.3 is 4.90 Å². The highest BCUT2D eigenvalue weighted by molar-refractivity contribution is 5.70. The fourth-order valence-electron chi connectivity index (χ4n) is 4.49. The number of fused-ring (bicyclic) bond motifs is 2. The molecule has 2 nitrogen and oxygen atoms in total. The number of benzene rings is 2. The molecule has 2 aromatic carbocycles. The largest absolute Gasteiger partial charge is 0.345 e. The van der Waals surface area contributed by atoms with Crippen molar-refractivity contribution in [1.82, 2.24) is 0 Å². The predicted molar refractivity (Wildman–Crippen MR) is 116 cm³/mol. The van der Waals surface area contributed by atoms with Crippen LogP contribution in [0.3, 0.4) is 0 Å². The van der Waals surface area contributed by atoms with Gasteiger partial charge in [0.05, 0.1) is 0 Å². The first-order chi connectivity index (χ1) is 13.0. The Hall–Kier alpha value is -2.35. The Morgan fingerprint density at radius 1 is 0.926 bits per heavy atom. The van der Waals surface area contributed by atoms with Crippen molar-refractivity contribution >= 4 is 17.6 Å². The molecule has 2 heteroatoms. The van der Waals surface area contributed by atoms with E-state index in [9.17, 15) is 0 Å². The van der Waals surface area contributed by atoms with Gasteiger partial charge in [-0.05, 0) is 64.7 Å². The molecule has 0 fully saturated rings. The molecule has 0 amide bonds. The van der Waals surface area contributed by atoms with Crippen LogP contribution in [-0.2, 0) is 12.8 Å². The van der Waals surface area contributed by atoms with Gasteiger partial charge in [-0.1, -0.05) is 29.3 Å². The number of hydrogen-bond acceptors (Lipinski definition) is 1. The molecule has 0 spiro atoms. The monoisotopic (exact) mass is 359 g/mol.